The second kappa shape index (κ2) is 5.13. The van der Waals surface area contributed by atoms with Crippen LogP contribution in [0.3, 0.4) is 0 Å². The molecular formula is C20H14N2. The fourth-order valence-electron chi connectivity index (χ4n) is 3.15. The topological polar surface area (TPSA) is 36.1 Å². The van der Waals surface area contributed by atoms with E-state index in [0.29, 0.717) is 0 Å². The zero-order valence-corrected chi connectivity index (χ0v) is 12.0. The van der Waals surface area contributed by atoms with Gasteiger partial charge in [0.15, 0.2) is 0 Å². The van der Waals surface area contributed by atoms with Gasteiger partial charge in [-0.2, -0.15) is 5.26 Å². The summed E-state index contributed by atoms with van der Waals surface area (Å²) >= 11 is 0. The molecule has 0 saturated carbocycles. The number of para-hydroxylation sites is 1. The van der Waals surface area contributed by atoms with E-state index >= 15 is 0 Å². The highest BCUT2D eigenvalue weighted by atomic mass is 14.8. The molecule has 2 aromatic carbocycles. The smallest absolute Gasteiger partial charge is 0.0988 e. The molecule has 2 aromatic rings. The van der Waals surface area contributed by atoms with Crippen LogP contribution >= 0.6 is 0 Å². The fourth-order valence-corrected chi connectivity index (χ4v) is 3.15. The van der Waals surface area contributed by atoms with Gasteiger partial charge >= 0.3 is 0 Å². The van der Waals surface area contributed by atoms with E-state index in [9.17, 15) is 5.26 Å². The number of hydrogen-bond donors (Lipinski definition) is 0. The van der Waals surface area contributed by atoms with Crippen LogP contribution in [-0.4, -0.2) is 5.71 Å². The molecule has 0 radical (unpaired) electrons. The zero-order valence-electron chi connectivity index (χ0n) is 12.0. The highest BCUT2D eigenvalue weighted by Gasteiger charge is 2.29. The molecule has 0 aromatic heterocycles. The Balaban J connectivity index is 1.77. The summed E-state index contributed by atoms with van der Waals surface area (Å²) in [5.41, 5.74) is 6.33. The van der Waals surface area contributed by atoms with Gasteiger partial charge in [-0.3, -0.25) is 4.99 Å². The standard InChI is InChI=1S/C20H14N2/c21-13-15-11-16(10-14-6-2-1-3-7-14)20-18(12-15)17-8-4-5-9-19(17)22-20/h1-9,11-12,16H,10H2. The third-order valence-corrected chi connectivity index (χ3v) is 4.17. The minimum absolute atomic E-state index is 0.157. The second-order valence-electron chi connectivity index (χ2n) is 5.60. The summed E-state index contributed by atoms with van der Waals surface area (Å²) in [5, 5.41) is 9.34. The number of nitriles is 1. The average Bonchev–Trinajstić information content (AvgIpc) is 2.95. The lowest BCUT2D eigenvalue weighted by Crippen LogP contribution is -2.18. The molecule has 1 heterocycles. The molecule has 4 rings (SSSR count). The van der Waals surface area contributed by atoms with Crippen molar-refractivity contribution in [2.75, 3.05) is 0 Å². The Morgan fingerprint density at radius 2 is 1.77 bits per heavy atom. The van der Waals surface area contributed by atoms with Gasteiger partial charge in [-0.05, 0) is 24.1 Å². The third kappa shape index (κ3) is 2.08. The van der Waals surface area contributed by atoms with Gasteiger partial charge in [0.25, 0.3) is 0 Å². The minimum atomic E-state index is 0.157. The first-order valence-electron chi connectivity index (χ1n) is 7.41. The first-order chi connectivity index (χ1) is 10.8. The molecule has 1 atom stereocenters. The summed E-state index contributed by atoms with van der Waals surface area (Å²) in [4.78, 5) is 4.81. The first-order valence-corrected chi connectivity index (χ1v) is 7.41. The van der Waals surface area contributed by atoms with Gasteiger partial charge in [-0.25, -0.2) is 0 Å². The van der Waals surface area contributed by atoms with Gasteiger partial charge in [0.05, 0.1) is 17.5 Å². The SMILES string of the molecule is N#CC1=CC(Cc2ccccc2)C2=Nc3ccccc3C2=C1. The number of allylic oxidation sites excluding steroid dienone is 4. The predicted molar refractivity (Wildman–Crippen MR) is 88.8 cm³/mol. The zero-order chi connectivity index (χ0) is 14.9. The van der Waals surface area contributed by atoms with Crippen LogP contribution in [0.25, 0.3) is 5.57 Å². The second-order valence-corrected chi connectivity index (χ2v) is 5.60. The maximum Gasteiger partial charge on any atom is 0.0988 e. The van der Waals surface area contributed by atoms with Gasteiger partial charge in [-0.1, -0.05) is 54.6 Å². The van der Waals surface area contributed by atoms with E-state index in [1.165, 1.54) is 5.56 Å². The summed E-state index contributed by atoms with van der Waals surface area (Å²) in [7, 11) is 0. The Labute approximate surface area is 129 Å². The van der Waals surface area contributed by atoms with E-state index in [2.05, 4.69) is 36.4 Å². The van der Waals surface area contributed by atoms with Crippen molar-refractivity contribution in [3.05, 3.63) is 83.4 Å². The highest BCUT2D eigenvalue weighted by molar-refractivity contribution is 6.31. The van der Waals surface area contributed by atoms with Gasteiger partial charge < -0.3 is 0 Å². The molecule has 0 fully saturated rings. The van der Waals surface area contributed by atoms with Crippen molar-refractivity contribution < 1.29 is 0 Å². The molecule has 1 aliphatic carbocycles. The van der Waals surface area contributed by atoms with Crippen LogP contribution in [0.2, 0.25) is 0 Å². The van der Waals surface area contributed by atoms with E-state index in [1.807, 2.05) is 36.4 Å². The Hall–Kier alpha value is -2.92. The van der Waals surface area contributed by atoms with Crippen LogP contribution in [0.15, 0.2) is 77.3 Å². The summed E-state index contributed by atoms with van der Waals surface area (Å²) in [6, 6.07) is 20.8. The van der Waals surface area contributed by atoms with Crippen molar-refractivity contribution in [3.63, 3.8) is 0 Å². The lowest BCUT2D eigenvalue weighted by atomic mass is 9.83. The Morgan fingerprint density at radius 3 is 2.59 bits per heavy atom. The van der Waals surface area contributed by atoms with Crippen LogP contribution in [-0.2, 0) is 6.42 Å². The van der Waals surface area contributed by atoms with Crippen molar-refractivity contribution in [2.45, 2.75) is 6.42 Å². The number of nitrogens with zero attached hydrogens (tertiary/aromatic N) is 2. The lowest BCUT2D eigenvalue weighted by molar-refractivity contribution is 0.849. The van der Waals surface area contributed by atoms with E-state index in [4.69, 9.17) is 4.99 Å². The molecule has 0 spiro atoms. The number of rotatable bonds is 2. The van der Waals surface area contributed by atoms with Crippen molar-refractivity contribution in [1.82, 2.24) is 0 Å². The minimum Gasteiger partial charge on any atom is -0.252 e. The number of benzene rings is 2. The molecule has 0 amide bonds. The number of fused-ring (bicyclic) bond motifs is 3. The van der Waals surface area contributed by atoms with Crippen LogP contribution in [0.5, 0.6) is 0 Å². The van der Waals surface area contributed by atoms with Crippen LogP contribution < -0.4 is 0 Å². The number of aliphatic imine (C=N–C) groups is 1. The quantitative estimate of drug-likeness (QED) is 0.800. The van der Waals surface area contributed by atoms with E-state index in [1.54, 1.807) is 0 Å². The third-order valence-electron chi connectivity index (χ3n) is 4.17. The van der Waals surface area contributed by atoms with E-state index in [-0.39, 0.29) is 5.92 Å². The van der Waals surface area contributed by atoms with Crippen LogP contribution in [0.1, 0.15) is 11.1 Å². The summed E-state index contributed by atoms with van der Waals surface area (Å²) in [6.45, 7) is 0. The molecule has 2 aliphatic rings. The molecule has 2 nitrogen and oxygen atoms in total. The van der Waals surface area contributed by atoms with Gasteiger partial charge in [0.2, 0.25) is 0 Å². The summed E-state index contributed by atoms with van der Waals surface area (Å²) in [6.07, 6.45) is 4.88. The van der Waals surface area contributed by atoms with Gasteiger partial charge in [0.1, 0.15) is 0 Å². The van der Waals surface area contributed by atoms with Crippen LogP contribution in [0.4, 0.5) is 5.69 Å². The molecule has 1 aliphatic heterocycles. The van der Waals surface area contributed by atoms with Crippen molar-refractivity contribution in [3.8, 4) is 6.07 Å². The average molecular weight is 282 g/mol. The lowest BCUT2D eigenvalue weighted by Gasteiger charge is -2.19. The summed E-state index contributed by atoms with van der Waals surface area (Å²) in [5.74, 6) is 0.157. The molecule has 0 saturated heterocycles. The van der Waals surface area contributed by atoms with Gasteiger partial charge in [0, 0.05) is 22.6 Å². The summed E-state index contributed by atoms with van der Waals surface area (Å²) < 4.78 is 0. The molecule has 0 N–H and O–H groups in total. The molecule has 22 heavy (non-hydrogen) atoms. The normalized spacial score (nSPS) is 18.5. The molecule has 1 unspecified atom stereocenters. The van der Waals surface area contributed by atoms with E-state index < -0.39 is 0 Å². The molecule has 2 heteroatoms. The molecular weight excluding hydrogens is 268 g/mol. The fraction of sp³-hybridized carbons (Fsp3) is 0.100. The van der Waals surface area contributed by atoms with E-state index in [0.717, 1.165) is 34.5 Å². The number of hydrogen-bond acceptors (Lipinski definition) is 2. The van der Waals surface area contributed by atoms with Crippen LogP contribution in [0, 0.1) is 17.2 Å². The predicted octanol–water partition coefficient (Wildman–Crippen LogP) is 4.48. The van der Waals surface area contributed by atoms with Crippen molar-refractivity contribution >= 4 is 17.0 Å². The van der Waals surface area contributed by atoms with Crippen molar-refractivity contribution in [1.29, 1.82) is 5.26 Å². The molecule has 0 bridgehead atoms. The maximum absolute atomic E-state index is 9.34. The monoisotopic (exact) mass is 282 g/mol. The Kier molecular flexibility index (Phi) is 2.98. The van der Waals surface area contributed by atoms with Crippen molar-refractivity contribution in [2.24, 2.45) is 10.9 Å². The highest BCUT2D eigenvalue weighted by Crippen LogP contribution is 2.40. The van der Waals surface area contributed by atoms with Gasteiger partial charge in [-0.15, -0.1) is 0 Å². The maximum atomic E-state index is 9.34. The largest absolute Gasteiger partial charge is 0.252 e. The first kappa shape index (κ1) is 12.8. The Morgan fingerprint density at radius 1 is 1.00 bits per heavy atom. The Bertz CT molecular complexity index is 864. The molecule has 104 valence electrons.